The van der Waals surface area contributed by atoms with Crippen LogP contribution in [0.5, 0.6) is 0 Å². The van der Waals surface area contributed by atoms with Crippen LogP contribution in [0.25, 0.3) is 105 Å². The van der Waals surface area contributed by atoms with Crippen molar-refractivity contribution in [2.75, 3.05) is 4.90 Å². The molecule has 12 aromatic carbocycles. The summed E-state index contributed by atoms with van der Waals surface area (Å²) in [5, 5.41) is 7.08. The van der Waals surface area contributed by atoms with Crippen molar-refractivity contribution >= 4 is 71.6 Å². The summed E-state index contributed by atoms with van der Waals surface area (Å²) in [6, 6.07) is 98.3. The van der Waals surface area contributed by atoms with Crippen molar-refractivity contribution < 1.29 is 4.42 Å². The van der Waals surface area contributed by atoms with E-state index in [1.807, 2.05) is 0 Å². The number of hydrogen-bond acceptors (Lipinski definition) is 2. The van der Waals surface area contributed by atoms with Crippen molar-refractivity contribution in [1.82, 2.24) is 4.57 Å². The molecule has 2 aromatic heterocycles. The third-order valence-corrected chi connectivity index (χ3v) is 16.2. The molecule has 3 nitrogen and oxygen atoms in total. The number of nitrogens with zero attached hydrogens (tertiary/aromatic N) is 2. The van der Waals surface area contributed by atoms with Gasteiger partial charge in [0, 0.05) is 49.6 Å². The maximum atomic E-state index is 6.73. The summed E-state index contributed by atoms with van der Waals surface area (Å²) in [5.41, 5.74) is 23.1. The molecule has 2 heterocycles. The Morgan fingerprint density at radius 3 is 1.64 bits per heavy atom. The van der Waals surface area contributed by atoms with Gasteiger partial charge >= 0.3 is 0 Å². The molecule has 74 heavy (non-hydrogen) atoms. The molecular formula is C71H44N2O. The third kappa shape index (κ3) is 5.72. The topological polar surface area (TPSA) is 21.3 Å². The predicted octanol–water partition coefficient (Wildman–Crippen LogP) is 19.0. The SMILES string of the molecule is c1cc(-c2ccc3c(c2)oc2c4ccccc4ccc32)cc(N(c2ccc(-c3cccc(-n4c5ccccc5c5ccccc54)c3)cc2)c2cccc3c2-c2ccccc2C32c3ccccc3-c3ccccc32)c1. The zero-order valence-electron chi connectivity index (χ0n) is 40.2. The van der Waals surface area contributed by atoms with E-state index in [0.29, 0.717) is 0 Å². The largest absolute Gasteiger partial charge is 0.455 e. The molecule has 0 fully saturated rings. The lowest BCUT2D eigenvalue weighted by molar-refractivity contribution is 0.673. The van der Waals surface area contributed by atoms with Crippen molar-refractivity contribution in [3.8, 4) is 50.2 Å². The summed E-state index contributed by atoms with van der Waals surface area (Å²) >= 11 is 0. The fraction of sp³-hybridized carbons (Fsp3) is 0.0141. The van der Waals surface area contributed by atoms with E-state index in [4.69, 9.17) is 4.42 Å². The van der Waals surface area contributed by atoms with Crippen molar-refractivity contribution in [2.24, 2.45) is 0 Å². The van der Waals surface area contributed by atoms with Crippen LogP contribution < -0.4 is 4.90 Å². The van der Waals surface area contributed by atoms with Crippen molar-refractivity contribution in [1.29, 1.82) is 0 Å². The van der Waals surface area contributed by atoms with E-state index in [2.05, 4.69) is 276 Å². The molecule has 0 saturated carbocycles. The number of rotatable bonds is 6. The first-order valence-electron chi connectivity index (χ1n) is 25.6. The Labute approximate surface area is 428 Å². The van der Waals surface area contributed by atoms with Gasteiger partial charge in [-0.25, -0.2) is 0 Å². The quantitative estimate of drug-likeness (QED) is 0.166. The molecule has 0 bridgehead atoms. The zero-order valence-corrected chi connectivity index (χ0v) is 40.2. The molecule has 0 aliphatic heterocycles. The maximum Gasteiger partial charge on any atom is 0.143 e. The second-order valence-electron chi connectivity index (χ2n) is 19.9. The highest BCUT2D eigenvalue weighted by atomic mass is 16.3. The minimum Gasteiger partial charge on any atom is -0.455 e. The maximum absolute atomic E-state index is 6.73. The van der Waals surface area contributed by atoms with Crippen molar-refractivity contribution in [3.63, 3.8) is 0 Å². The summed E-state index contributed by atoms with van der Waals surface area (Å²) in [6.45, 7) is 0. The number of benzene rings is 12. The first kappa shape index (κ1) is 41.0. The van der Waals surface area contributed by atoms with Crippen LogP contribution in [-0.4, -0.2) is 4.57 Å². The average Bonchev–Trinajstić information content (AvgIpc) is 4.21. The monoisotopic (exact) mass is 940 g/mol. The third-order valence-electron chi connectivity index (χ3n) is 16.2. The van der Waals surface area contributed by atoms with Gasteiger partial charge in [0.1, 0.15) is 11.2 Å². The van der Waals surface area contributed by atoms with E-state index < -0.39 is 5.41 Å². The standard InChI is InChI=1S/C71H44N2O/c1-2-21-53-46(16-1)36-41-59-58-40-37-49(44-68(58)74-70(53)59)48-18-14-19-51(43-48)72(50-38-34-45(35-39-50)47-17-13-20-52(42-47)73-65-31-11-6-24-56(65)57-25-7-12-32-66(57)73)67-33-15-30-64-69(67)60-26-5-10-29-63(60)71(64)61-27-8-3-22-54(61)55-23-4-9-28-62(55)71/h1-44H. The predicted molar refractivity (Wildman–Crippen MR) is 307 cm³/mol. The molecule has 0 radical (unpaired) electrons. The smallest absolute Gasteiger partial charge is 0.143 e. The zero-order chi connectivity index (χ0) is 48.5. The Balaban J connectivity index is 0.877. The van der Waals surface area contributed by atoms with Crippen molar-refractivity contribution in [3.05, 3.63) is 289 Å². The van der Waals surface area contributed by atoms with Gasteiger partial charge in [0.15, 0.2) is 0 Å². The molecule has 344 valence electrons. The number of anilines is 3. The van der Waals surface area contributed by atoms with Crippen LogP contribution in [0.2, 0.25) is 0 Å². The Kier molecular flexibility index (Phi) is 8.66. The van der Waals surface area contributed by atoms with Gasteiger partial charge in [-0.15, -0.1) is 0 Å². The molecule has 14 aromatic rings. The van der Waals surface area contributed by atoms with E-state index in [-0.39, 0.29) is 0 Å². The highest BCUT2D eigenvalue weighted by Crippen LogP contribution is 2.64. The van der Waals surface area contributed by atoms with Gasteiger partial charge in [-0.2, -0.15) is 0 Å². The Bertz CT molecular complexity index is 4530. The summed E-state index contributed by atoms with van der Waals surface area (Å²) in [5.74, 6) is 0. The van der Waals surface area contributed by atoms with Gasteiger partial charge < -0.3 is 13.9 Å². The van der Waals surface area contributed by atoms with Crippen molar-refractivity contribution in [2.45, 2.75) is 5.41 Å². The van der Waals surface area contributed by atoms with Crippen LogP contribution in [-0.2, 0) is 5.41 Å². The minimum absolute atomic E-state index is 0.471. The number of aromatic nitrogens is 1. The average molecular weight is 941 g/mol. The van der Waals surface area contributed by atoms with Gasteiger partial charge in [0.25, 0.3) is 0 Å². The van der Waals surface area contributed by atoms with Crippen LogP contribution in [0.3, 0.4) is 0 Å². The lowest BCUT2D eigenvalue weighted by Crippen LogP contribution is -2.26. The van der Waals surface area contributed by atoms with Crippen LogP contribution in [0.15, 0.2) is 271 Å². The Hall–Kier alpha value is -9.70. The van der Waals surface area contributed by atoms with Crippen LogP contribution >= 0.6 is 0 Å². The van der Waals surface area contributed by atoms with Gasteiger partial charge in [0.05, 0.1) is 22.1 Å². The molecular weight excluding hydrogens is 897 g/mol. The number of furan rings is 1. The summed E-state index contributed by atoms with van der Waals surface area (Å²) in [6.07, 6.45) is 0. The normalized spacial score (nSPS) is 13.0. The van der Waals surface area contributed by atoms with E-state index >= 15 is 0 Å². The fourth-order valence-electron chi connectivity index (χ4n) is 13.1. The van der Waals surface area contributed by atoms with Crippen LogP contribution in [0.1, 0.15) is 22.3 Å². The highest BCUT2D eigenvalue weighted by Gasteiger charge is 2.52. The molecule has 0 unspecified atom stereocenters. The van der Waals surface area contributed by atoms with Gasteiger partial charge in [-0.1, -0.05) is 194 Å². The van der Waals surface area contributed by atoms with Gasteiger partial charge in [0.2, 0.25) is 0 Å². The minimum atomic E-state index is -0.471. The molecule has 0 saturated heterocycles. The molecule has 0 amide bonds. The molecule has 3 heteroatoms. The molecule has 2 aliphatic carbocycles. The molecule has 0 N–H and O–H groups in total. The van der Waals surface area contributed by atoms with Gasteiger partial charge in [-0.3, -0.25) is 0 Å². The van der Waals surface area contributed by atoms with E-state index in [9.17, 15) is 0 Å². The summed E-state index contributed by atoms with van der Waals surface area (Å²) < 4.78 is 9.12. The summed E-state index contributed by atoms with van der Waals surface area (Å²) in [4.78, 5) is 2.48. The molecule has 1 spiro atoms. The number of fused-ring (bicyclic) bond motifs is 18. The Morgan fingerprint density at radius 1 is 0.338 bits per heavy atom. The number of hydrogen-bond donors (Lipinski definition) is 0. The van der Waals surface area contributed by atoms with E-state index in [1.54, 1.807) is 0 Å². The van der Waals surface area contributed by atoms with E-state index in [1.165, 1.54) is 71.7 Å². The second kappa shape index (κ2) is 15.6. The lowest BCUT2D eigenvalue weighted by atomic mass is 9.70. The lowest BCUT2D eigenvalue weighted by Gasteiger charge is -2.32. The molecule has 2 aliphatic rings. The first-order valence-corrected chi connectivity index (χ1v) is 25.6. The first-order chi connectivity index (χ1) is 36.7. The molecule has 16 rings (SSSR count). The fourth-order valence-corrected chi connectivity index (χ4v) is 13.1. The second-order valence-corrected chi connectivity index (χ2v) is 19.9. The number of para-hydroxylation sites is 2. The summed E-state index contributed by atoms with van der Waals surface area (Å²) in [7, 11) is 0. The highest BCUT2D eigenvalue weighted by molar-refractivity contribution is 6.15. The van der Waals surface area contributed by atoms with Gasteiger partial charge in [-0.05, 0) is 139 Å². The van der Waals surface area contributed by atoms with Crippen LogP contribution in [0, 0.1) is 0 Å². The molecule has 0 atom stereocenters. The Morgan fingerprint density at radius 2 is 0.892 bits per heavy atom. The van der Waals surface area contributed by atoms with Crippen LogP contribution in [0.4, 0.5) is 17.1 Å². The van der Waals surface area contributed by atoms with E-state index in [0.717, 1.165) is 72.3 Å².